The van der Waals surface area contributed by atoms with Crippen LogP contribution in [0.5, 0.6) is 0 Å². The quantitative estimate of drug-likeness (QED) is 0.925. The number of hydrogen-bond acceptors (Lipinski definition) is 3. The van der Waals surface area contributed by atoms with E-state index in [4.69, 9.17) is 5.73 Å². The Bertz CT molecular complexity index is 464. The van der Waals surface area contributed by atoms with Crippen LogP contribution in [0.25, 0.3) is 0 Å². The second-order valence-electron chi connectivity index (χ2n) is 6.41. The van der Waals surface area contributed by atoms with Gasteiger partial charge >= 0.3 is 0 Å². The molecule has 4 heteroatoms. The van der Waals surface area contributed by atoms with Crippen LogP contribution in [0.4, 0.5) is 4.39 Å². The molecule has 0 aliphatic carbocycles. The maximum absolute atomic E-state index is 13.3. The van der Waals surface area contributed by atoms with Crippen molar-refractivity contribution in [3.63, 3.8) is 0 Å². The fourth-order valence-corrected chi connectivity index (χ4v) is 5.04. The number of hydrogen-bond donors (Lipinski definition) is 1. The summed E-state index contributed by atoms with van der Waals surface area (Å²) in [6, 6.07) is 6.85. The van der Waals surface area contributed by atoms with Crippen LogP contribution < -0.4 is 5.73 Å². The summed E-state index contributed by atoms with van der Waals surface area (Å²) in [4.78, 5) is 2.33. The summed E-state index contributed by atoms with van der Waals surface area (Å²) in [6.45, 7) is 5.99. The lowest BCUT2D eigenvalue weighted by Crippen LogP contribution is -2.64. The predicted molar refractivity (Wildman–Crippen MR) is 85.4 cm³/mol. The lowest BCUT2D eigenvalue weighted by atomic mass is 9.69. The number of likely N-dealkylation sites (N-methyl/N-ethyl adjacent to an activating group) is 1. The van der Waals surface area contributed by atoms with Crippen LogP contribution in [0.1, 0.15) is 25.8 Å². The number of benzene rings is 1. The van der Waals surface area contributed by atoms with Crippen LogP contribution in [-0.2, 0) is 6.54 Å². The van der Waals surface area contributed by atoms with Gasteiger partial charge in [-0.2, -0.15) is 11.8 Å². The van der Waals surface area contributed by atoms with Gasteiger partial charge in [0, 0.05) is 24.4 Å². The Labute approximate surface area is 125 Å². The Hall–Kier alpha value is -0.580. The highest BCUT2D eigenvalue weighted by Gasteiger charge is 2.48. The fraction of sp³-hybridized carbons (Fsp3) is 0.625. The molecule has 20 heavy (non-hydrogen) atoms. The Morgan fingerprint density at radius 2 is 2.15 bits per heavy atom. The summed E-state index contributed by atoms with van der Waals surface area (Å²) in [7, 11) is 2.12. The summed E-state index contributed by atoms with van der Waals surface area (Å²) in [5.41, 5.74) is 7.33. The molecule has 0 bridgehead atoms. The van der Waals surface area contributed by atoms with Gasteiger partial charge in [0.25, 0.3) is 0 Å². The molecule has 1 aromatic rings. The first-order valence-electron chi connectivity index (χ1n) is 7.15. The highest BCUT2D eigenvalue weighted by Crippen LogP contribution is 2.45. The van der Waals surface area contributed by atoms with Gasteiger partial charge in [0.05, 0.1) is 0 Å². The van der Waals surface area contributed by atoms with E-state index in [-0.39, 0.29) is 16.8 Å². The van der Waals surface area contributed by atoms with Crippen molar-refractivity contribution in [3.05, 3.63) is 35.6 Å². The minimum absolute atomic E-state index is 0.0256. The molecule has 1 aliphatic heterocycles. The molecule has 1 atom stereocenters. The summed E-state index contributed by atoms with van der Waals surface area (Å²) >= 11 is 1.98. The van der Waals surface area contributed by atoms with Gasteiger partial charge in [0.2, 0.25) is 0 Å². The van der Waals surface area contributed by atoms with Crippen molar-refractivity contribution in [1.29, 1.82) is 0 Å². The monoisotopic (exact) mass is 296 g/mol. The maximum atomic E-state index is 13.3. The van der Waals surface area contributed by atoms with E-state index in [1.54, 1.807) is 12.1 Å². The average molecular weight is 296 g/mol. The number of nitrogens with two attached hydrogens (primary N) is 1. The van der Waals surface area contributed by atoms with Gasteiger partial charge in [-0.1, -0.05) is 26.0 Å². The number of rotatable bonds is 4. The van der Waals surface area contributed by atoms with Gasteiger partial charge < -0.3 is 5.73 Å². The zero-order valence-corrected chi connectivity index (χ0v) is 13.5. The van der Waals surface area contributed by atoms with Crippen molar-refractivity contribution >= 4 is 11.8 Å². The standard InChI is InChI=1S/C16H25FN2S/c1-15(2)7-8-20-12-16(15,11-18)19(3)10-13-5-4-6-14(17)9-13/h4-6,9H,7-8,10-12,18H2,1-3H3. The van der Waals surface area contributed by atoms with Gasteiger partial charge in [-0.05, 0) is 42.3 Å². The van der Waals surface area contributed by atoms with Crippen LogP contribution >= 0.6 is 11.8 Å². The lowest BCUT2D eigenvalue weighted by Gasteiger charge is -2.54. The second-order valence-corrected chi connectivity index (χ2v) is 7.51. The molecular formula is C16H25FN2S. The van der Waals surface area contributed by atoms with E-state index in [9.17, 15) is 4.39 Å². The highest BCUT2D eigenvalue weighted by atomic mass is 32.2. The van der Waals surface area contributed by atoms with E-state index in [0.29, 0.717) is 6.54 Å². The molecule has 2 N–H and O–H groups in total. The summed E-state index contributed by atoms with van der Waals surface area (Å²) in [5.74, 6) is 2.07. The topological polar surface area (TPSA) is 29.3 Å². The molecule has 0 aromatic heterocycles. The van der Waals surface area contributed by atoms with Crippen LogP contribution in [0.3, 0.4) is 0 Å². The van der Waals surface area contributed by atoms with Crippen LogP contribution in [0.15, 0.2) is 24.3 Å². The average Bonchev–Trinajstić information content (AvgIpc) is 2.38. The first-order chi connectivity index (χ1) is 9.41. The number of halogens is 1. The molecule has 1 unspecified atom stereocenters. The van der Waals surface area contributed by atoms with Crippen molar-refractivity contribution in [2.24, 2.45) is 11.1 Å². The Kier molecular flexibility index (Phi) is 4.77. The molecule has 0 saturated carbocycles. The molecule has 1 fully saturated rings. The lowest BCUT2D eigenvalue weighted by molar-refractivity contribution is 0.0147. The number of thioether (sulfide) groups is 1. The zero-order valence-electron chi connectivity index (χ0n) is 12.7. The molecule has 1 aliphatic rings. The zero-order chi connectivity index (χ0) is 14.8. The summed E-state index contributed by atoms with van der Waals surface area (Å²) in [6.07, 6.45) is 1.17. The first-order valence-corrected chi connectivity index (χ1v) is 8.30. The minimum Gasteiger partial charge on any atom is -0.329 e. The van der Waals surface area contributed by atoms with Gasteiger partial charge in [0.15, 0.2) is 0 Å². The van der Waals surface area contributed by atoms with E-state index in [2.05, 4.69) is 25.8 Å². The van der Waals surface area contributed by atoms with Crippen molar-refractivity contribution in [3.8, 4) is 0 Å². The third-order valence-electron chi connectivity index (χ3n) is 4.85. The Balaban J connectivity index is 2.22. The third-order valence-corrected chi connectivity index (χ3v) is 6.02. The molecule has 1 saturated heterocycles. The molecule has 1 aromatic carbocycles. The van der Waals surface area contributed by atoms with Gasteiger partial charge in [0.1, 0.15) is 5.82 Å². The first kappa shape index (κ1) is 15.8. The largest absolute Gasteiger partial charge is 0.329 e. The van der Waals surface area contributed by atoms with Crippen LogP contribution in [-0.4, -0.2) is 35.5 Å². The summed E-state index contributed by atoms with van der Waals surface area (Å²) in [5, 5.41) is 0. The Morgan fingerprint density at radius 1 is 1.40 bits per heavy atom. The van der Waals surface area contributed by atoms with Gasteiger partial charge in [-0.25, -0.2) is 4.39 Å². The van der Waals surface area contributed by atoms with E-state index >= 15 is 0 Å². The van der Waals surface area contributed by atoms with E-state index in [1.165, 1.54) is 18.2 Å². The normalized spacial score (nSPS) is 25.9. The SMILES string of the molecule is CN(Cc1cccc(F)c1)C1(CN)CSCCC1(C)C. The maximum Gasteiger partial charge on any atom is 0.123 e. The van der Waals surface area contributed by atoms with Gasteiger partial charge in [-0.3, -0.25) is 4.90 Å². The smallest absolute Gasteiger partial charge is 0.123 e. The van der Waals surface area contributed by atoms with Gasteiger partial charge in [-0.15, -0.1) is 0 Å². The summed E-state index contributed by atoms with van der Waals surface area (Å²) < 4.78 is 13.3. The van der Waals surface area contributed by atoms with Crippen molar-refractivity contribution < 1.29 is 4.39 Å². The molecule has 0 radical (unpaired) electrons. The van der Waals surface area contributed by atoms with E-state index in [0.717, 1.165) is 17.9 Å². The molecular weight excluding hydrogens is 271 g/mol. The molecule has 0 amide bonds. The number of nitrogens with zero attached hydrogens (tertiary/aromatic N) is 1. The third kappa shape index (κ3) is 2.87. The van der Waals surface area contributed by atoms with E-state index < -0.39 is 0 Å². The van der Waals surface area contributed by atoms with Crippen LogP contribution in [0.2, 0.25) is 0 Å². The van der Waals surface area contributed by atoms with E-state index in [1.807, 2.05) is 17.8 Å². The van der Waals surface area contributed by atoms with Crippen molar-refractivity contribution in [1.82, 2.24) is 4.90 Å². The predicted octanol–water partition coefficient (Wildman–Crippen LogP) is 3.12. The molecule has 0 spiro atoms. The Morgan fingerprint density at radius 3 is 2.75 bits per heavy atom. The van der Waals surface area contributed by atoms with Crippen LogP contribution in [0, 0.1) is 11.2 Å². The molecule has 2 nitrogen and oxygen atoms in total. The molecule has 112 valence electrons. The molecule has 2 rings (SSSR count). The van der Waals surface area contributed by atoms with Crippen molar-refractivity contribution in [2.75, 3.05) is 25.1 Å². The second kappa shape index (κ2) is 6.04. The molecule has 1 heterocycles. The minimum atomic E-state index is -0.171. The van der Waals surface area contributed by atoms with Crippen molar-refractivity contribution in [2.45, 2.75) is 32.4 Å². The fourth-order valence-electron chi connectivity index (χ4n) is 3.17. The highest BCUT2D eigenvalue weighted by molar-refractivity contribution is 7.99.